The van der Waals surface area contributed by atoms with Crippen molar-refractivity contribution in [3.05, 3.63) is 85.1 Å². The predicted octanol–water partition coefficient (Wildman–Crippen LogP) is 0.876. The first-order valence-corrected chi connectivity index (χ1v) is 23.1. The fourth-order valence-electron chi connectivity index (χ4n) is 7.51. The maximum Gasteiger partial charge on any atom is 0.338 e. The van der Waals surface area contributed by atoms with Crippen molar-refractivity contribution < 1.29 is 79.7 Å². The number of ether oxygens (including phenoxy) is 4. The number of carbonyl (C=O) groups excluding carboxylic acids is 2. The van der Waals surface area contributed by atoms with Gasteiger partial charge in [0.15, 0.2) is 12.1 Å². The summed E-state index contributed by atoms with van der Waals surface area (Å²) in [6.07, 6.45) is 8.52. The third kappa shape index (κ3) is 20.9. The summed E-state index contributed by atoms with van der Waals surface area (Å²) in [4.78, 5) is 24.8. The number of allylic oxidation sites excluding steroid dienone is 12. The molecule has 2 amide bonds. The summed E-state index contributed by atoms with van der Waals surface area (Å²) in [5.74, 6) is -3.21. The van der Waals surface area contributed by atoms with Gasteiger partial charge >= 0.3 is 12.0 Å². The third-order valence-corrected chi connectivity index (χ3v) is 12.5. The summed E-state index contributed by atoms with van der Waals surface area (Å²) < 4.78 is 23.0. The van der Waals surface area contributed by atoms with Crippen LogP contribution in [0.4, 0.5) is 4.79 Å². The first-order valence-electron chi connectivity index (χ1n) is 21.9. The normalized spacial score (nSPS) is 43.1. The van der Waals surface area contributed by atoms with Crippen LogP contribution >= 0.6 is 22.6 Å². The molecule has 2 bridgehead atoms. The van der Waals surface area contributed by atoms with Crippen LogP contribution in [0.3, 0.4) is 0 Å². The number of hydroxylamine groups is 1. The van der Waals surface area contributed by atoms with Crippen molar-refractivity contribution in [1.82, 2.24) is 10.8 Å². The molecule has 19 nitrogen and oxygen atoms in total. The molecule has 0 aromatic carbocycles. The summed E-state index contributed by atoms with van der Waals surface area (Å²) in [5.41, 5.74) is 7.64. The zero-order valence-corrected chi connectivity index (χ0v) is 38.9. The van der Waals surface area contributed by atoms with E-state index in [0.717, 1.165) is 0 Å². The first-order chi connectivity index (χ1) is 30.8. The lowest BCUT2D eigenvalue weighted by Crippen LogP contribution is -2.63. The van der Waals surface area contributed by atoms with E-state index < -0.39 is 133 Å². The molecule has 3 aliphatic heterocycles. The molecular formula is C45H70IN3O16. The van der Waals surface area contributed by atoms with Crippen LogP contribution in [0.15, 0.2) is 85.1 Å². The van der Waals surface area contributed by atoms with Crippen LogP contribution in [0.25, 0.3) is 0 Å². The molecule has 0 aromatic heterocycles. The molecular weight excluding hydrogens is 965 g/mol. The summed E-state index contributed by atoms with van der Waals surface area (Å²) in [6.45, 7) is 3.35. The van der Waals surface area contributed by atoms with Crippen molar-refractivity contribution in [2.24, 2.45) is 11.7 Å². The van der Waals surface area contributed by atoms with Crippen LogP contribution in [0, 0.1) is 5.92 Å². The van der Waals surface area contributed by atoms with E-state index in [0.29, 0.717) is 0 Å². The Morgan fingerprint density at radius 3 is 1.95 bits per heavy atom. The Hall–Kier alpha value is -2.91. The van der Waals surface area contributed by atoms with Gasteiger partial charge < -0.3 is 76.0 Å². The Morgan fingerprint density at radius 1 is 0.738 bits per heavy atom. The number of urea groups is 1. The highest BCUT2D eigenvalue weighted by Crippen LogP contribution is 2.35. The quantitative estimate of drug-likeness (QED) is 0.0614. The maximum atomic E-state index is 12.5. The van der Waals surface area contributed by atoms with Crippen molar-refractivity contribution in [3.63, 3.8) is 0 Å². The molecule has 2 fully saturated rings. The van der Waals surface area contributed by atoms with Gasteiger partial charge in [0.1, 0.15) is 6.10 Å². The third-order valence-electron chi connectivity index (χ3n) is 11.1. The number of amides is 2. The van der Waals surface area contributed by atoms with E-state index >= 15 is 0 Å². The molecule has 0 aromatic rings. The summed E-state index contributed by atoms with van der Waals surface area (Å²) in [5, 5.41) is 109. The zero-order valence-electron chi connectivity index (χ0n) is 36.8. The number of cyclic esters (lactones) is 1. The number of alkyl halides is 1. The molecule has 3 heterocycles. The van der Waals surface area contributed by atoms with Crippen molar-refractivity contribution >= 4 is 34.6 Å². The Labute approximate surface area is 393 Å². The molecule has 20 heteroatoms. The lowest BCUT2D eigenvalue weighted by Gasteiger charge is -2.46. The number of aliphatic hydroxyl groups excluding tert-OH is 8. The van der Waals surface area contributed by atoms with Gasteiger partial charge in [0, 0.05) is 44.1 Å². The number of esters is 1. The van der Waals surface area contributed by atoms with Crippen LogP contribution in [0.5, 0.6) is 0 Å². The highest BCUT2D eigenvalue weighted by atomic mass is 127. The van der Waals surface area contributed by atoms with Gasteiger partial charge in [-0.25, -0.2) is 10.3 Å². The lowest BCUT2D eigenvalue weighted by molar-refractivity contribution is -0.295. The molecule has 0 radical (unpaired) electrons. The Balaban J connectivity index is 1.86. The largest absolute Gasteiger partial charge is 0.462 e. The number of halogens is 1. The average molecular weight is 1040 g/mol. The van der Waals surface area contributed by atoms with Gasteiger partial charge in [-0.05, 0) is 26.2 Å². The van der Waals surface area contributed by atoms with E-state index in [-0.39, 0.29) is 44.6 Å². The highest BCUT2D eigenvalue weighted by molar-refractivity contribution is 14.1. The van der Waals surface area contributed by atoms with Gasteiger partial charge in [0.2, 0.25) is 0 Å². The second kappa shape index (κ2) is 29.1. The van der Waals surface area contributed by atoms with Crippen LogP contribution in [0.2, 0.25) is 0 Å². The van der Waals surface area contributed by atoms with Gasteiger partial charge in [0.05, 0.1) is 84.0 Å². The molecule has 3 aliphatic rings. The molecule has 368 valence electrons. The molecule has 14 N–H and O–H groups in total. The van der Waals surface area contributed by atoms with Crippen LogP contribution in [-0.4, -0.2) is 165 Å². The minimum atomic E-state index is -2.24. The summed E-state index contributed by atoms with van der Waals surface area (Å²) in [7, 11) is 0. The second-order valence-corrected chi connectivity index (χ2v) is 18.3. The highest BCUT2D eigenvalue weighted by Gasteiger charge is 2.48. The van der Waals surface area contributed by atoms with E-state index in [4.69, 9.17) is 24.7 Å². The zero-order chi connectivity index (χ0) is 48.1. The lowest BCUT2D eigenvalue weighted by atomic mass is 9.87. The molecule has 0 saturated carbocycles. The summed E-state index contributed by atoms with van der Waals surface area (Å²) in [6, 6.07) is -3.00. The number of aliphatic hydroxyl groups is 9. The van der Waals surface area contributed by atoms with E-state index in [1.165, 1.54) is 5.48 Å². The minimum absolute atomic E-state index is 0.0887. The molecule has 0 aliphatic carbocycles. The van der Waals surface area contributed by atoms with Crippen molar-refractivity contribution in [3.8, 4) is 0 Å². The predicted molar refractivity (Wildman–Crippen MR) is 246 cm³/mol. The van der Waals surface area contributed by atoms with Crippen molar-refractivity contribution in [1.29, 1.82) is 0 Å². The number of hydrogen-bond acceptors (Lipinski definition) is 17. The second-order valence-electron chi connectivity index (χ2n) is 16.9. The first kappa shape index (κ1) is 56.4. The van der Waals surface area contributed by atoms with Crippen LogP contribution < -0.4 is 16.5 Å². The van der Waals surface area contributed by atoms with Gasteiger partial charge in [-0.3, -0.25) is 10.0 Å². The molecule has 0 unspecified atom stereocenters. The monoisotopic (exact) mass is 1040 g/mol. The van der Waals surface area contributed by atoms with Gasteiger partial charge in [0.25, 0.3) is 0 Å². The van der Waals surface area contributed by atoms with E-state index in [1.807, 2.05) is 66.0 Å². The Bertz CT molecular complexity index is 1650. The summed E-state index contributed by atoms with van der Waals surface area (Å²) >= 11 is 2.01. The molecule has 3 rings (SSSR count). The number of rotatable bonds is 3. The Morgan fingerprint density at radius 2 is 1.34 bits per heavy atom. The van der Waals surface area contributed by atoms with E-state index in [9.17, 15) is 60.8 Å². The van der Waals surface area contributed by atoms with Crippen molar-refractivity contribution in [2.45, 2.75) is 167 Å². The molecule has 2 saturated heterocycles. The SMILES string of the molecule is C[C@H]1C[C@H](O)[C@@H](C)/C=C/C=C/C=C/C=C/C=C/C=C/C=C/[C@H](O[C@@H]2OC[C@@H](O)[C@H](N)[C@@H]2I)C[C@@H]2O[C@](O)(C[C@@H](O)C[C@@H](O)[C@H](O)CC[C@@H](O)C[C@@H](O)CC(=O)O1)C[C@H](O)[C@H]2NC(=O)NO. The standard InChI is InChI=1S/C45H70IN3O16/c1-27-15-13-11-9-7-5-3-4-6-8-10-12-14-16-32(64-43-40(46)41(47)37(57)26-62-43)23-38-42(48-44(59)49-61)36(56)25-45(60,65-38)24-31(52)21-35(55)33(53)18-17-29(50)20-30(51)22-39(58)63-28(2)19-34(27)54/h3-16,27-38,40-43,50-57,60-61H,17-26,47H2,1-2H3,(H2,48,49,59)/b4-3+,7-5+,8-6+,11-9+,12-10+,15-13+,16-14+/t27-,28-,29+,30+,31-,32-,33+,34-,35+,36-,37+,38-,40-,41-,42+,43-,45+/m0/s1. The average Bonchev–Trinajstić information content (AvgIpc) is 3.23. The number of fused-ring (bicyclic) bond motifs is 2. The smallest absolute Gasteiger partial charge is 0.338 e. The topological polar surface area (TPSA) is 323 Å². The molecule has 17 atom stereocenters. The van der Waals surface area contributed by atoms with Gasteiger partial charge in [-0.15, -0.1) is 0 Å². The fourth-order valence-corrected chi connectivity index (χ4v) is 8.37. The van der Waals surface area contributed by atoms with Crippen molar-refractivity contribution in [2.75, 3.05) is 6.61 Å². The molecule has 0 spiro atoms. The van der Waals surface area contributed by atoms with Gasteiger partial charge in [-0.2, -0.15) is 0 Å². The molecule has 65 heavy (non-hydrogen) atoms. The maximum absolute atomic E-state index is 12.5. The number of carbonyl (C=O) groups is 2. The van der Waals surface area contributed by atoms with Gasteiger partial charge in [-0.1, -0.05) is 115 Å². The number of nitrogens with one attached hydrogen (secondary N) is 2. The number of nitrogens with two attached hydrogens (primary N) is 1. The Kier molecular flexibility index (Phi) is 25.2. The van der Waals surface area contributed by atoms with Crippen LogP contribution in [-0.2, 0) is 23.7 Å². The van der Waals surface area contributed by atoms with E-state index in [2.05, 4.69) is 5.32 Å². The number of hydrogen-bond donors (Lipinski definition) is 13. The fraction of sp³-hybridized carbons (Fsp3) is 0.644. The van der Waals surface area contributed by atoms with E-state index in [1.54, 1.807) is 55.5 Å². The van der Waals surface area contributed by atoms with Crippen LogP contribution in [0.1, 0.15) is 71.6 Å². The minimum Gasteiger partial charge on any atom is -0.462 e.